The number of ether oxygens (including phenoxy) is 2. The SMILES string of the molecule is CCCCCCCCCCCOC(O)CCCCCN(CCO)CCCCCCCC(=O)OC(CCCCCCCC)CCCCCCCC. The Morgan fingerprint density at radius 3 is 1.40 bits per heavy atom. The van der Waals surface area contributed by atoms with Crippen LogP contribution in [0.25, 0.3) is 0 Å². The molecular formula is C44H89NO5. The molecule has 0 spiro atoms. The van der Waals surface area contributed by atoms with E-state index in [4.69, 9.17) is 9.47 Å². The highest BCUT2D eigenvalue weighted by Crippen LogP contribution is 2.18. The summed E-state index contributed by atoms with van der Waals surface area (Å²) in [4.78, 5) is 15.1. The minimum Gasteiger partial charge on any atom is -0.462 e. The van der Waals surface area contributed by atoms with Gasteiger partial charge in [0.05, 0.1) is 6.61 Å². The predicted molar refractivity (Wildman–Crippen MR) is 215 cm³/mol. The highest BCUT2D eigenvalue weighted by Gasteiger charge is 2.14. The molecule has 2 N–H and O–H groups in total. The first kappa shape index (κ1) is 49.3. The lowest BCUT2D eigenvalue weighted by Gasteiger charge is -2.21. The highest BCUT2D eigenvalue weighted by molar-refractivity contribution is 5.69. The number of rotatable bonds is 42. The smallest absolute Gasteiger partial charge is 0.306 e. The van der Waals surface area contributed by atoms with E-state index in [1.54, 1.807) is 0 Å². The van der Waals surface area contributed by atoms with Crippen LogP contribution in [0, 0.1) is 0 Å². The molecule has 50 heavy (non-hydrogen) atoms. The molecule has 0 rings (SSSR count). The van der Waals surface area contributed by atoms with Gasteiger partial charge >= 0.3 is 5.97 Å². The molecule has 0 aromatic heterocycles. The zero-order valence-corrected chi connectivity index (χ0v) is 34.1. The molecule has 0 aromatic carbocycles. The van der Waals surface area contributed by atoms with E-state index < -0.39 is 6.29 Å². The zero-order valence-electron chi connectivity index (χ0n) is 34.1. The fraction of sp³-hybridized carbons (Fsp3) is 0.977. The molecule has 0 fully saturated rings. The highest BCUT2D eigenvalue weighted by atomic mass is 16.6. The maximum Gasteiger partial charge on any atom is 0.306 e. The Labute approximate surface area is 312 Å². The molecule has 300 valence electrons. The molecule has 0 amide bonds. The van der Waals surface area contributed by atoms with E-state index in [1.807, 2.05) is 0 Å². The van der Waals surface area contributed by atoms with Crippen LogP contribution in [0.2, 0.25) is 0 Å². The summed E-state index contributed by atoms with van der Waals surface area (Å²) < 4.78 is 11.6. The van der Waals surface area contributed by atoms with Crippen molar-refractivity contribution in [2.45, 2.75) is 245 Å². The van der Waals surface area contributed by atoms with Gasteiger partial charge in [-0.1, -0.05) is 162 Å². The Balaban J connectivity index is 3.95. The Hall–Kier alpha value is -0.690. The van der Waals surface area contributed by atoms with Crippen LogP contribution >= 0.6 is 0 Å². The molecule has 0 bridgehead atoms. The van der Waals surface area contributed by atoms with E-state index in [0.717, 1.165) is 90.3 Å². The molecule has 0 heterocycles. The van der Waals surface area contributed by atoms with Gasteiger partial charge in [0.25, 0.3) is 0 Å². The van der Waals surface area contributed by atoms with E-state index >= 15 is 0 Å². The van der Waals surface area contributed by atoms with Crippen LogP contribution in [0.3, 0.4) is 0 Å². The molecule has 6 nitrogen and oxygen atoms in total. The van der Waals surface area contributed by atoms with E-state index in [2.05, 4.69) is 25.7 Å². The third kappa shape index (κ3) is 37.1. The number of aliphatic hydroxyl groups excluding tert-OH is 2. The molecule has 0 aromatic rings. The average molecular weight is 712 g/mol. The Bertz CT molecular complexity index is 646. The summed E-state index contributed by atoms with van der Waals surface area (Å²) in [6.07, 6.45) is 38.5. The first-order chi connectivity index (χ1) is 24.6. The normalized spacial score (nSPS) is 12.4. The quantitative estimate of drug-likeness (QED) is 0.0373. The lowest BCUT2D eigenvalue weighted by molar-refractivity contribution is -0.150. The van der Waals surface area contributed by atoms with Crippen molar-refractivity contribution < 1.29 is 24.5 Å². The first-order valence-corrected chi connectivity index (χ1v) is 22.4. The fourth-order valence-corrected chi connectivity index (χ4v) is 6.97. The van der Waals surface area contributed by atoms with Gasteiger partial charge in [0.1, 0.15) is 6.10 Å². The van der Waals surface area contributed by atoms with Crippen LogP contribution in [0.15, 0.2) is 0 Å². The molecule has 1 unspecified atom stereocenters. The molecule has 0 saturated heterocycles. The lowest BCUT2D eigenvalue weighted by Crippen LogP contribution is -2.29. The monoisotopic (exact) mass is 712 g/mol. The lowest BCUT2D eigenvalue weighted by atomic mass is 10.0. The molecule has 0 aliphatic carbocycles. The summed E-state index contributed by atoms with van der Waals surface area (Å²) in [7, 11) is 0. The number of esters is 1. The summed E-state index contributed by atoms with van der Waals surface area (Å²) >= 11 is 0. The second kappa shape index (κ2) is 41.1. The summed E-state index contributed by atoms with van der Waals surface area (Å²) in [6.45, 7) is 10.4. The number of nitrogens with zero attached hydrogens (tertiary/aromatic N) is 1. The molecule has 0 saturated carbocycles. The van der Waals surface area contributed by atoms with Gasteiger partial charge in [0.15, 0.2) is 6.29 Å². The van der Waals surface area contributed by atoms with Gasteiger partial charge < -0.3 is 24.6 Å². The van der Waals surface area contributed by atoms with Gasteiger partial charge in [0.2, 0.25) is 0 Å². The molecular weight excluding hydrogens is 622 g/mol. The molecule has 0 radical (unpaired) electrons. The summed E-state index contributed by atoms with van der Waals surface area (Å²) in [5.74, 6) is 0.0129. The van der Waals surface area contributed by atoms with Crippen molar-refractivity contribution in [2.24, 2.45) is 0 Å². The van der Waals surface area contributed by atoms with Gasteiger partial charge in [-0.3, -0.25) is 4.79 Å². The van der Waals surface area contributed by atoms with Gasteiger partial charge in [0, 0.05) is 19.6 Å². The van der Waals surface area contributed by atoms with Gasteiger partial charge in [-0.25, -0.2) is 0 Å². The van der Waals surface area contributed by atoms with Crippen molar-refractivity contribution in [1.29, 1.82) is 0 Å². The maximum atomic E-state index is 12.7. The second-order valence-electron chi connectivity index (χ2n) is 15.3. The van der Waals surface area contributed by atoms with E-state index in [9.17, 15) is 15.0 Å². The van der Waals surface area contributed by atoms with Gasteiger partial charge in [-0.05, 0) is 77.3 Å². The van der Waals surface area contributed by atoms with E-state index in [-0.39, 0.29) is 18.7 Å². The number of hydrogen-bond donors (Lipinski definition) is 2. The molecule has 6 heteroatoms. The van der Waals surface area contributed by atoms with Crippen LogP contribution in [0.5, 0.6) is 0 Å². The first-order valence-electron chi connectivity index (χ1n) is 22.4. The summed E-state index contributed by atoms with van der Waals surface area (Å²) in [5, 5.41) is 19.7. The van der Waals surface area contributed by atoms with Crippen molar-refractivity contribution in [3.8, 4) is 0 Å². The number of carbonyl (C=O) groups is 1. The Morgan fingerprint density at radius 2 is 0.900 bits per heavy atom. The molecule has 1 atom stereocenters. The topological polar surface area (TPSA) is 79.2 Å². The number of hydrogen-bond acceptors (Lipinski definition) is 6. The van der Waals surface area contributed by atoms with Crippen LogP contribution in [-0.2, 0) is 14.3 Å². The Morgan fingerprint density at radius 1 is 0.500 bits per heavy atom. The van der Waals surface area contributed by atoms with Crippen molar-refractivity contribution >= 4 is 5.97 Å². The predicted octanol–water partition coefficient (Wildman–Crippen LogP) is 12.5. The van der Waals surface area contributed by atoms with E-state index in [1.165, 1.54) is 128 Å². The van der Waals surface area contributed by atoms with Crippen molar-refractivity contribution in [3.63, 3.8) is 0 Å². The van der Waals surface area contributed by atoms with Crippen LogP contribution in [0.1, 0.15) is 233 Å². The average Bonchev–Trinajstić information content (AvgIpc) is 3.11. The van der Waals surface area contributed by atoms with Crippen molar-refractivity contribution in [3.05, 3.63) is 0 Å². The number of unbranched alkanes of at least 4 members (excludes halogenated alkanes) is 24. The molecule has 0 aliphatic heterocycles. The van der Waals surface area contributed by atoms with Crippen LogP contribution in [0.4, 0.5) is 0 Å². The maximum absolute atomic E-state index is 12.7. The second-order valence-corrected chi connectivity index (χ2v) is 15.3. The van der Waals surface area contributed by atoms with Crippen LogP contribution in [-0.4, -0.2) is 66.3 Å². The van der Waals surface area contributed by atoms with Crippen LogP contribution < -0.4 is 0 Å². The minimum absolute atomic E-state index is 0.0129. The fourth-order valence-electron chi connectivity index (χ4n) is 6.97. The number of aliphatic hydroxyl groups is 2. The third-order valence-electron chi connectivity index (χ3n) is 10.3. The van der Waals surface area contributed by atoms with Crippen molar-refractivity contribution in [1.82, 2.24) is 4.90 Å². The minimum atomic E-state index is -0.629. The summed E-state index contributed by atoms with van der Waals surface area (Å²) in [6, 6.07) is 0. The molecule has 0 aliphatic rings. The Kier molecular flexibility index (Phi) is 40.5. The van der Waals surface area contributed by atoms with Gasteiger partial charge in [-0.15, -0.1) is 0 Å². The van der Waals surface area contributed by atoms with E-state index in [0.29, 0.717) is 19.4 Å². The largest absolute Gasteiger partial charge is 0.462 e. The summed E-state index contributed by atoms with van der Waals surface area (Å²) in [5.41, 5.74) is 0. The zero-order chi connectivity index (χ0) is 36.6. The van der Waals surface area contributed by atoms with Gasteiger partial charge in [-0.2, -0.15) is 0 Å². The number of carbonyl (C=O) groups excluding carboxylic acids is 1. The standard InChI is InChI=1S/C44H89NO5/c1-4-7-10-13-16-17-18-24-32-41-49-43(47)35-29-25-31-38-45(39-40-46)37-30-23-19-22-28-36-44(48)50-42(33-26-20-14-11-8-5-2)34-27-21-15-12-9-6-3/h42-43,46-47H,4-41H2,1-3H3. The third-order valence-corrected chi connectivity index (χ3v) is 10.3. The van der Waals surface area contributed by atoms with Crippen molar-refractivity contribution in [2.75, 3.05) is 32.8 Å².